The molecule has 0 aliphatic carbocycles. The lowest BCUT2D eigenvalue weighted by Gasteiger charge is -2.17. The van der Waals surface area contributed by atoms with Crippen molar-refractivity contribution in [1.82, 2.24) is 5.32 Å². The zero-order chi connectivity index (χ0) is 19.1. The number of carbonyl (C=O) groups is 1. The monoisotopic (exact) mass is 360 g/mol. The number of nitro benzene ring substituents is 1. The van der Waals surface area contributed by atoms with Crippen LogP contribution in [0, 0.1) is 10.1 Å². The first-order valence-corrected chi connectivity index (χ1v) is 7.83. The molecule has 0 fully saturated rings. The third kappa shape index (κ3) is 4.62. The molecule has 26 heavy (non-hydrogen) atoms. The fraction of sp³-hybridized carbons (Fsp3) is 0.278. The minimum atomic E-state index is -0.551. The average Bonchev–Trinajstić information content (AvgIpc) is 2.65. The van der Waals surface area contributed by atoms with E-state index in [-0.39, 0.29) is 30.0 Å². The van der Waals surface area contributed by atoms with Crippen LogP contribution in [-0.2, 0) is 4.79 Å². The number of ether oxygens (including phenoxy) is 3. The summed E-state index contributed by atoms with van der Waals surface area (Å²) >= 11 is 0. The number of nitrogens with zero attached hydrogens (tertiary/aromatic N) is 1. The zero-order valence-corrected chi connectivity index (χ0v) is 14.7. The number of hydrogen-bond donors (Lipinski definition) is 1. The molecule has 0 radical (unpaired) electrons. The van der Waals surface area contributed by atoms with Crippen molar-refractivity contribution in [2.75, 3.05) is 20.8 Å². The lowest BCUT2D eigenvalue weighted by molar-refractivity contribution is -0.385. The summed E-state index contributed by atoms with van der Waals surface area (Å²) in [4.78, 5) is 22.4. The Bertz CT molecular complexity index is 793. The number of nitro groups is 1. The summed E-state index contributed by atoms with van der Waals surface area (Å²) in [5.74, 6) is 0.713. The number of amides is 1. The highest BCUT2D eigenvalue weighted by Gasteiger charge is 2.17. The number of para-hydroxylation sites is 1. The molecule has 1 atom stereocenters. The number of methoxy groups -OCH3 is 2. The second kappa shape index (κ2) is 8.70. The normalized spacial score (nSPS) is 11.3. The molecule has 0 saturated carbocycles. The van der Waals surface area contributed by atoms with Crippen molar-refractivity contribution in [3.8, 4) is 17.2 Å². The molecule has 0 aliphatic rings. The highest BCUT2D eigenvalue weighted by molar-refractivity contribution is 5.78. The quantitative estimate of drug-likeness (QED) is 0.574. The van der Waals surface area contributed by atoms with Gasteiger partial charge in [-0.2, -0.15) is 0 Å². The molecule has 0 aromatic heterocycles. The van der Waals surface area contributed by atoms with Crippen LogP contribution in [0.3, 0.4) is 0 Å². The number of carbonyl (C=O) groups excluding carboxylic acids is 1. The van der Waals surface area contributed by atoms with Crippen molar-refractivity contribution >= 4 is 11.6 Å². The van der Waals surface area contributed by atoms with Crippen LogP contribution in [0.2, 0.25) is 0 Å². The Morgan fingerprint density at radius 3 is 2.50 bits per heavy atom. The Morgan fingerprint density at radius 1 is 1.15 bits per heavy atom. The predicted molar refractivity (Wildman–Crippen MR) is 94.7 cm³/mol. The van der Waals surface area contributed by atoms with Crippen molar-refractivity contribution in [3.63, 3.8) is 0 Å². The summed E-state index contributed by atoms with van der Waals surface area (Å²) in [7, 11) is 2.90. The molecule has 0 saturated heterocycles. The van der Waals surface area contributed by atoms with E-state index in [1.54, 1.807) is 7.11 Å². The highest BCUT2D eigenvalue weighted by Crippen LogP contribution is 2.30. The Balaban J connectivity index is 1.97. The van der Waals surface area contributed by atoms with E-state index >= 15 is 0 Å². The standard InChI is InChI=1S/C18H20N2O6/c1-12(14-6-4-5-7-16(14)24-2)19-18(21)11-26-13-8-9-15(20(22)23)17(10-13)25-3/h4-10,12H,11H2,1-3H3,(H,19,21)/t12-/m1/s1. The van der Waals surface area contributed by atoms with Gasteiger partial charge in [-0.15, -0.1) is 0 Å². The molecule has 2 aromatic rings. The Labute approximate surface area is 150 Å². The number of nitrogens with one attached hydrogen (secondary N) is 1. The molecule has 0 aliphatic heterocycles. The van der Waals surface area contributed by atoms with Gasteiger partial charge in [-0.25, -0.2) is 0 Å². The maximum Gasteiger partial charge on any atom is 0.311 e. The van der Waals surface area contributed by atoms with E-state index in [0.29, 0.717) is 11.5 Å². The van der Waals surface area contributed by atoms with Crippen LogP contribution in [0.1, 0.15) is 18.5 Å². The van der Waals surface area contributed by atoms with Gasteiger partial charge in [0.25, 0.3) is 5.91 Å². The first-order valence-electron chi connectivity index (χ1n) is 7.83. The summed E-state index contributed by atoms with van der Waals surface area (Å²) in [6.07, 6.45) is 0. The molecular weight excluding hydrogens is 340 g/mol. The van der Waals surface area contributed by atoms with Gasteiger partial charge in [0.1, 0.15) is 11.5 Å². The molecule has 1 amide bonds. The van der Waals surface area contributed by atoms with Gasteiger partial charge >= 0.3 is 5.69 Å². The van der Waals surface area contributed by atoms with E-state index in [0.717, 1.165) is 5.56 Å². The van der Waals surface area contributed by atoms with Gasteiger partial charge in [0.15, 0.2) is 6.61 Å². The third-order valence-electron chi connectivity index (χ3n) is 3.70. The predicted octanol–water partition coefficient (Wildman–Crippen LogP) is 2.87. The molecule has 0 heterocycles. The van der Waals surface area contributed by atoms with Crippen LogP contribution in [0.25, 0.3) is 0 Å². The molecule has 1 N–H and O–H groups in total. The maximum atomic E-state index is 12.1. The lowest BCUT2D eigenvalue weighted by atomic mass is 10.1. The third-order valence-corrected chi connectivity index (χ3v) is 3.70. The van der Waals surface area contributed by atoms with Gasteiger partial charge in [-0.05, 0) is 19.1 Å². The summed E-state index contributed by atoms with van der Waals surface area (Å²) in [6.45, 7) is 1.60. The molecule has 8 nitrogen and oxygen atoms in total. The lowest BCUT2D eigenvalue weighted by Crippen LogP contribution is -2.31. The summed E-state index contributed by atoms with van der Waals surface area (Å²) in [6, 6.07) is 11.2. The molecule has 138 valence electrons. The van der Waals surface area contributed by atoms with Crippen LogP contribution in [0.5, 0.6) is 17.2 Å². The highest BCUT2D eigenvalue weighted by atomic mass is 16.6. The van der Waals surface area contributed by atoms with E-state index in [9.17, 15) is 14.9 Å². The molecule has 0 spiro atoms. The summed E-state index contributed by atoms with van der Waals surface area (Å²) in [5.41, 5.74) is 0.675. The van der Waals surface area contributed by atoms with E-state index < -0.39 is 4.92 Å². The summed E-state index contributed by atoms with van der Waals surface area (Å²) < 4.78 is 15.6. The van der Waals surface area contributed by atoms with Crippen LogP contribution in [0.15, 0.2) is 42.5 Å². The minimum absolute atomic E-state index is 0.0651. The number of benzene rings is 2. The van der Waals surface area contributed by atoms with Gasteiger partial charge in [0, 0.05) is 17.7 Å². The number of rotatable bonds is 8. The van der Waals surface area contributed by atoms with Gasteiger partial charge in [-0.3, -0.25) is 14.9 Å². The van der Waals surface area contributed by atoms with Gasteiger partial charge in [0.2, 0.25) is 5.75 Å². The molecule has 2 aromatic carbocycles. The van der Waals surface area contributed by atoms with Crippen molar-refractivity contribution < 1.29 is 23.9 Å². The fourth-order valence-corrected chi connectivity index (χ4v) is 2.43. The van der Waals surface area contributed by atoms with Crippen molar-refractivity contribution in [2.45, 2.75) is 13.0 Å². The van der Waals surface area contributed by atoms with Crippen LogP contribution in [0.4, 0.5) is 5.69 Å². The van der Waals surface area contributed by atoms with E-state index in [1.165, 1.54) is 25.3 Å². The van der Waals surface area contributed by atoms with Gasteiger partial charge in [0.05, 0.1) is 25.2 Å². The molecular formula is C18H20N2O6. The molecule has 2 rings (SSSR count). The SMILES string of the molecule is COc1ccccc1[C@@H](C)NC(=O)COc1ccc([N+](=O)[O-])c(OC)c1. The fourth-order valence-electron chi connectivity index (χ4n) is 2.43. The molecule has 8 heteroatoms. The Kier molecular flexibility index (Phi) is 6.37. The topological polar surface area (TPSA) is 99.9 Å². The van der Waals surface area contributed by atoms with Crippen LogP contribution < -0.4 is 19.5 Å². The van der Waals surface area contributed by atoms with E-state index in [2.05, 4.69) is 5.32 Å². The van der Waals surface area contributed by atoms with Crippen LogP contribution in [-0.4, -0.2) is 31.7 Å². The Hall–Kier alpha value is -3.29. The van der Waals surface area contributed by atoms with Gasteiger partial charge in [-0.1, -0.05) is 18.2 Å². The summed E-state index contributed by atoms with van der Waals surface area (Å²) in [5, 5.41) is 13.7. The number of hydrogen-bond acceptors (Lipinski definition) is 6. The second-order valence-corrected chi connectivity index (χ2v) is 5.41. The first kappa shape index (κ1) is 19.0. The van der Waals surface area contributed by atoms with Crippen molar-refractivity contribution in [3.05, 3.63) is 58.1 Å². The first-order chi connectivity index (χ1) is 12.5. The Morgan fingerprint density at radius 2 is 1.85 bits per heavy atom. The molecule has 0 unspecified atom stereocenters. The molecule has 0 bridgehead atoms. The van der Waals surface area contributed by atoms with E-state index in [1.807, 2.05) is 31.2 Å². The van der Waals surface area contributed by atoms with Crippen molar-refractivity contribution in [2.24, 2.45) is 0 Å². The smallest absolute Gasteiger partial charge is 0.311 e. The zero-order valence-electron chi connectivity index (χ0n) is 14.7. The van der Waals surface area contributed by atoms with E-state index in [4.69, 9.17) is 14.2 Å². The van der Waals surface area contributed by atoms with Crippen molar-refractivity contribution in [1.29, 1.82) is 0 Å². The maximum absolute atomic E-state index is 12.1. The average molecular weight is 360 g/mol. The second-order valence-electron chi connectivity index (χ2n) is 5.41. The van der Waals surface area contributed by atoms with Crippen LogP contribution >= 0.6 is 0 Å². The largest absolute Gasteiger partial charge is 0.496 e. The minimum Gasteiger partial charge on any atom is -0.496 e. The van der Waals surface area contributed by atoms with Gasteiger partial charge < -0.3 is 19.5 Å².